The molecule has 0 aromatic heterocycles. The molecule has 2 aromatic rings. The number of anilines is 1. The number of hydrogen-bond acceptors (Lipinski definition) is 5. The van der Waals surface area contributed by atoms with Crippen LogP contribution in [-0.4, -0.2) is 17.4 Å². The second-order valence-corrected chi connectivity index (χ2v) is 4.10. The molecule has 2 rings (SSSR count). The van der Waals surface area contributed by atoms with Gasteiger partial charge in [0.15, 0.2) is 0 Å². The highest BCUT2D eigenvalue weighted by Crippen LogP contribution is 2.23. The zero-order valence-corrected chi connectivity index (χ0v) is 11.5. The van der Waals surface area contributed by atoms with Crippen LogP contribution in [0.1, 0.15) is 12.5 Å². The van der Waals surface area contributed by atoms with E-state index in [0.717, 1.165) is 5.56 Å². The molecular formula is C15H15N3O3. The van der Waals surface area contributed by atoms with Gasteiger partial charge < -0.3 is 4.74 Å². The van der Waals surface area contributed by atoms with Gasteiger partial charge in [0.1, 0.15) is 5.69 Å². The van der Waals surface area contributed by atoms with Crippen LogP contribution in [0.4, 0.5) is 11.4 Å². The zero-order valence-electron chi connectivity index (χ0n) is 11.5. The highest BCUT2D eigenvalue weighted by molar-refractivity contribution is 5.94. The van der Waals surface area contributed by atoms with E-state index in [-0.39, 0.29) is 5.69 Å². The summed E-state index contributed by atoms with van der Waals surface area (Å²) in [5, 5.41) is 15.1. The van der Waals surface area contributed by atoms with Gasteiger partial charge in [-0.25, -0.2) is 0 Å². The van der Waals surface area contributed by atoms with E-state index in [2.05, 4.69) is 10.5 Å². The van der Waals surface area contributed by atoms with Crippen LogP contribution in [0.2, 0.25) is 0 Å². The van der Waals surface area contributed by atoms with Crippen LogP contribution in [0.3, 0.4) is 0 Å². The van der Waals surface area contributed by atoms with Crippen molar-refractivity contribution in [2.75, 3.05) is 12.0 Å². The summed E-state index contributed by atoms with van der Waals surface area (Å²) in [6, 6.07) is 15.7. The number of hydrazone groups is 1. The molecule has 0 atom stereocenters. The van der Waals surface area contributed by atoms with Gasteiger partial charge in [-0.15, -0.1) is 5.10 Å². The maximum Gasteiger partial charge on any atom is 0.294 e. The summed E-state index contributed by atoms with van der Waals surface area (Å²) in [4.78, 5) is 10.5. The molecule has 6 nitrogen and oxygen atoms in total. The van der Waals surface area contributed by atoms with Crippen LogP contribution in [0.5, 0.6) is 0 Å². The summed E-state index contributed by atoms with van der Waals surface area (Å²) in [5.41, 5.74) is 3.77. The molecule has 108 valence electrons. The number of nitro benzene ring substituents is 1. The molecule has 0 amide bonds. The van der Waals surface area contributed by atoms with E-state index in [1.807, 2.05) is 37.3 Å². The van der Waals surface area contributed by atoms with Gasteiger partial charge in [0.2, 0.25) is 5.90 Å². The van der Waals surface area contributed by atoms with E-state index in [1.54, 1.807) is 18.2 Å². The average Bonchev–Trinajstić information content (AvgIpc) is 2.52. The third-order valence-electron chi connectivity index (χ3n) is 2.68. The first-order valence-corrected chi connectivity index (χ1v) is 6.47. The molecule has 0 aliphatic carbocycles. The van der Waals surface area contributed by atoms with Gasteiger partial charge in [-0.1, -0.05) is 30.3 Å². The molecule has 0 saturated carbocycles. The second kappa shape index (κ2) is 7.04. The molecular weight excluding hydrogens is 270 g/mol. The van der Waals surface area contributed by atoms with Crippen molar-refractivity contribution < 1.29 is 9.66 Å². The van der Waals surface area contributed by atoms with E-state index >= 15 is 0 Å². The minimum atomic E-state index is -0.458. The lowest BCUT2D eigenvalue weighted by Gasteiger charge is -2.08. The van der Waals surface area contributed by atoms with Crippen LogP contribution in [0.15, 0.2) is 59.7 Å². The summed E-state index contributed by atoms with van der Waals surface area (Å²) in [5.74, 6) is 0.385. The Morgan fingerprint density at radius 3 is 2.52 bits per heavy atom. The van der Waals surface area contributed by atoms with Gasteiger partial charge in [0.25, 0.3) is 5.69 Å². The Morgan fingerprint density at radius 2 is 1.86 bits per heavy atom. The molecule has 21 heavy (non-hydrogen) atoms. The summed E-state index contributed by atoms with van der Waals surface area (Å²) in [6.07, 6.45) is 0. The molecule has 0 heterocycles. The van der Waals surface area contributed by atoms with Crippen molar-refractivity contribution in [2.24, 2.45) is 5.10 Å². The monoisotopic (exact) mass is 285 g/mol. The molecule has 0 aliphatic heterocycles. The fourth-order valence-electron chi connectivity index (χ4n) is 1.74. The first-order chi connectivity index (χ1) is 10.2. The molecule has 1 N–H and O–H groups in total. The third-order valence-corrected chi connectivity index (χ3v) is 2.68. The largest absolute Gasteiger partial charge is 0.477 e. The summed E-state index contributed by atoms with van der Waals surface area (Å²) >= 11 is 0. The van der Waals surface area contributed by atoms with Gasteiger partial charge in [0.05, 0.1) is 11.5 Å². The normalized spacial score (nSPS) is 11.0. The van der Waals surface area contributed by atoms with Crippen LogP contribution in [0.25, 0.3) is 0 Å². The van der Waals surface area contributed by atoms with E-state index in [4.69, 9.17) is 4.74 Å². The van der Waals surface area contributed by atoms with Crippen molar-refractivity contribution >= 4 is 17.3 Å². The Labute approximate surface area is 122 Å². The number of hydrogen-bond donors (Lipinski definition) is 1. The van der Waals surface area contributed by atoms with Gasteiger partial charge in [-0.3, -0.25) is 15.5 Å². The quantitative estimate of drug-likeness (QED) is 0.395. The molecule has 0 aliphatic rings. The fraction of sp³-hybridized carbons (Fsp3) is 0.133. The van der Waals surface area contributed by atoms with Gasteiger partial charge in [-0.2, -0.15) is 0 Å². The fourth-order valence-corrected chi connectivity index (χ4v) is 1.74. The first kappa shape index (κ1) is 14.5. The molecule has 6 heteroatoms. The molecule has 0 bridgehead atoms. The Balaban J connectivity index is 2.27. The highest BCUT2D eigenvalue weighted by atomic mass is 16.6. The topological polar surface area (TPSA) is 76.8 Å². The summed E-state index contributed by atoms with van der Waals surface area (Å²) < 4.78 is 5.47. The van der Waals surface area contributed by atoms with Gasteiger partial charge in [-0.05, 0) is 25.1 Å². The number of rotatable bonds is 5. The third kappa shape index (κ3) is 3.79. The molecule has 0 unspecified atom stereocenters. The lowest BCUT2D eigenvalue weighted by Crippen LogP contribution is -2.09. The number of nitrogens with zero attached hydrogens (tertiary/aromatic N) is 2. The van der Waals surface area contributed by atoms with Crippen LogP contribution < -0.4 is 5.43 Å². The lowest BCUT2D eigenvalue weighted by atomic mass is 10.2. The van der Waals surface area contributed by atoms with Crippen LogP contribution >= 0.6 is 0 Å². The van der Waals surface area contributed by atoms with E-state index in [9.17, 15) is 10.1 Å². The predicted octanol–water partition coefficient (Wildman–Crippen LogP) is 3.41. The van der Waals surface area contributed by atoms with Gasteiger partial charge in [0, 0.05) is 11.6 Å². The Hall–Kier alpha value is -2.89. The molecule has 2 aromatic carbocycles. The molecule has 0 fully saturated rings. The summed E-state index contributed by atoms with van der Waals surface area (Å²) in [7, 11) is 0. The van der Waals surface area contributed by atoms with Crippen molar-refractivity contribution in [3.8, 4) is 0 Å². The number of nitro groups is 1. The van der Waals surface area contributed by atoms with Crippen molar-refractivity contribution in [3.05, 3.63) is 70.3 Å². The second-order valence-electron chi connectivity index (χ2n) is 4.10. The zero-order chi connectivity index (χ0) is 15.1. The Kier molecular flexibility index (Phi) is 4.87. The smallest absolute Gasteiger partial charge is 0.294 e. The number of para-hydroxylation sites is 2. The van der Waals surface area contributed by atoms with Crippen molar-refractivity contribution in [2.45, 2.75) is 6.92 Å². The van der Waals surface area contributed by atoms with Crippen LogP contribution in [-0.2, 0) is 4.74 Å². The molecule has 0 spiro atoms. The number of benzene rings is 2. The van der Waals surface area contributed by atoms with Crippen molar-refractivity contribution in [3.63, 3.8) is 0 Å². The van der Waals surface area contributed by atoms with Crippen LogP contribution in [0, 0.1) is 10.1 Å². The highest BCUT2D eigenvalue weighted by Gasteiger charge is 2.12. The Morgan fingerprint density at radius 1 is 1.19 bits per heavy atom. The van der Waals surface area contributed by atoms with Gasteiger partial charge >= 0.3 is 0 Å². The minimum absolute atomic E-state index is 0.0369. The van der Waals surface area contributed by atoms with Crippen molar-refractivity contribution in [1.82, 2.24) is 0 Å². The minimum Gasteiger partial charge on any atom is -0.477 e. The maximum atomic E-state index is 10.9. The average molecular weight is 285 g/mol. The van der Waals surface area contributed by atoms with Crippen molar-refractivity contribution in [1.29, 1.82) is 0 Å². The van der Waals surface area contributed by atoms with E-state index in [0.29, 0.717) is 18.2 Å². The number of nitrogens with one attached hydrogen (secondary N) is 1. The molecule has 0 radical (unpaired) electrons. The predicted molar refractivity (Wildman–Crippen MR) is 81.3 cm³/mol. The first-order valence-electron chi connectivity index (χ1n) is 6.47. The maximum absolute atomic E-state index is 10.9. The SMILES string of the molecule is CCO/C(=N\Nc1ccccc1[N+](=O)[O-])c1ccccc1. The van der Waals surface area contributed by atoms with E-state index in [1.165, 1.54) is 6.07 Å². The lowest BCUT2D eigenvalue weighted by molar-refractivity contribution is -0.384. The van der Waals surface area contributed by atoms with E-state index < -0.39 is 4.92 Å². The Bertz CT molecular complexity index is 642. The standard InChI is InChI=1S/C15H15N3O3/c1-2-21-15(12-8-4-3-5-9-12)17-16-13-10-6-7-11-14(13)18(19)20/h3-11,16H,2H2,1H3/b17-15-. The summed E-state index contributed by atoms with van der Waals surface area (Å²) in [6.45, 7) is 2.30. The number of ether oxygens (including phenoxy) is 1. The molecule has 0 saturated heterocycles.